The number of carbonyl (C=O) groups is 2. The van der Waals surface area contributed by atoms with Gasteiger partial charge in [0.15, 0.2) is 6.61 Å². The van der Waals surface area contributed by atoms with Gasteiger partial charge in [-0.1, -0.05) is 47.5 Å². The third-order valence-corrected chi connectivity index (χ3v) is 5.79. The maximum Gasteiger partial charge on any atom is 0.262 e. The third-order valence-electron chi connectivity index (χ3n) is 5.54. The number of halogens is 1. The normalized spacial score (nSPS) is 16.6. The molecule has 3 heterocycles. The summed E-state index contributed by atoms with van der Waals surface area (Å²) in [5.41, 5.74) is 2.99. The Hall–Kier alpha value is -3.38. The number of carbonyl (C=O) groups excluding carboxylic acids is 2. The summed E-state index contributed by atoms with van der Waals surface area (Å²) in [6.45, 7) is 3.10. The van der Waals surface area contributed by atoms with Crippen molar-refractivity contribution >= 4 is 23.4 Å². The summed E-state index contributed by atoms with van der Waals surface area (Å²) in [6, 6.07) is 18.9. The second kappa shape index (κ2) is 9.83. The first-order valence-corrected chi connectivity index (χ1v) is 10.8. The molecule has 1 unspecified atom stereocenters. The highest BCUT2D eigenvalue weighted by Crippen LogP contribution is 2.28. The second-order valence-corrected chi connectivity index (χ2v) is 8.14. The van der Waals surface area contributed by atoms with Crippen LogP contribution < -0.4 is 4.74 Å². The van der Waals surface area contributed by atoms with Gasteiger partial charge in [0, 0.05) is 36.3 Å². The Labute approximate surface area is 192 Å². The van der Waals surface area contributed by atoms with E-state index >= 15 is 0 Å². The van der Waals surface area contributed by atoms with E-state index in [0.29, 0.717) is 25.3 Å². The van der Waals surface area contributed by atoms with Crippen LogP contribution in [0, 0.1) is 6.92 Å². The molecule has 0 bridgehead atoms. The summed E-state index contributed by atoms with van der Waals surface area (Å²) in [6.07, 6.45) is 3.68. The summed E-state index contributed by atoms with van der Waals surface area (Å²) >= 11 is 5.61. The molecule has 0 N–H and O–H groups in total. The minimum Gasteiger partial charge on any atom is -0.482 e. The van der Waals surface area contributed by atoms with Crippen LogP contribution in [-0.4, -0.2) is 52.5 Å². The molecule has 1 atom stereocenters. The van der Waals surface area contributed by atoms with Gasteiger partial charge in [0.1, 0.15) is 11.9 Å². The molecule has 0 radical (unpaired) electrons. The number of ether oxygens (including phenoxy) is 1. The van der Waals surface area contributed by atoms with Gasteiger partial charge in [0.05, 0.1) is 6.20 Å². The standard InChI is InChI=1S/C18H17N3O3.C7H7Cl/c22-17(12-24-14-5-3-7-19-11-14)20-8-9-21-16(20)10-13-4-1-2-6-15(13)18(21)23;1-6-2-4-7(8)5-3-6/h1-7,11,16H,8-10,12H2;2-5H,1H3. The maximum absolute atomic E-state index is 12.6. The summed E-state index contributed by atoms with van der Waals surface area (Å²) < 4.78 is 5.50. The predicted octanol–water partition coefficient (Wildman–Crippen LogP) is 3.98. The number of pyridine rings is 1. The number of fused-ring (bicyclic) bond motifs is 2. The molecule has 0 saturated carbocycles. The van der Waals surface area contributed by atoms with Crippen LogP contribution in [0.3, 0.4) is 0 Å². The third kappa shape index (κ3) is 4.92. The summed E-state index contributed by atoms with van der Waals surface area (Å²) in [4.78, 5) is 32.6. The predicted molar refractivity (Wildman–Crippen MR) is 123 cm³/mol. The van der Waals surface area contributed by atoms with Crippen molar-refractivity contribution in [2.24, 2.45) is 0 Å². The maximum atomic E-state index is 12.6. The van der Waals surface area contributed by atoms with Crippen molar-refractivity contribution in [2.75, 3.05) is 19.7 Å². The first kappa shape index (κ1) is 21.8. The number of nitrogens with zero attached hydrogens (tertiary/aromatic N) is 3. The lowest BCUT2D eigenvalue weighted by Crippen LogP contribution is -2.49. The van der Waals surface area contributed by atoms with Gasteiger partial charge < -0.3 is 14.5 Å². The van der Waals surface area contributed by atoms with E-state index in [9.17, 15) is 9.59 Å². The average Bonchev–Trinajstić information content (AvgIpc) is 3.25. The zero-order valence-electron chi connectivity index (χ0n) is 17.8. The molecule has 2 amide bonds. The monoisotopic (exact) mass is 449 g/mol. The minimum atomic E-state index is -0.211. The molecule has 2 aromatic carbocycles. The number of aryl methyl sites for hydroxylation is 1. The minimum absolute atomic E-state index is 0.00493. The zero-order valence-corrected chi connectivity index (χ0v) is 18.5. The van der Waals surface area contributed by atoms with Crippen LogP contribution in [0.25, 0.3) is 0 Å². The second-order valence-electron chi connectivity index (χ2n) is 7.70. The summed E-state index contributed by atoms with van der Waals surface area (Å²) in [7, 11) is 0. The van der Waals surface area contributed by atoms with E-state index < -0.39 is 0 Å². The number of aromatic nitrogens is 1. The molecule has 164 valence electrons. The van der Waals surface area contributed by atoms with Gasteiger partial charge in [0.2, 0.25) is 0 Å². The zero-order chi connectivity index (χ0) is 22.5. The van der Waals surface area contributed by atoms with E-state index in [1.165, 1.54) is 5.56 Å². The van der Waals surface area contributed by atoms with Gasteiger partial charge in [-0.15, -0.1) is 0 Å². The van der Waals surface area contributed by atoms with Gasteiger partial charge in [-0.05, 0) is 42.8 Å². The largest absolute Gasteiger partial charge is 0.482 e. The molecule has 0 spiro atoms. The molecule has 2 aliphatic heterocycles. The average molecular weight is 450 g/mol. The molecule has 1 fully saturated rings. The Morgan fingerprint density at radius 1 is 1.09 bits per heavy atom. The Kier molecular flexibility index (Phi) is 6.71. The molecule has 1 saturated heterocycles. The van der Waals surface area contributed by atoms with Crippen molar-refractivity contribution in [3.8, 4) is 5.75 Å². The van der Waals surface area contributed by atoms with E-state index in [0.717, 1.165) is 16.1 Å². The van der Waals surface area contributed by atoms with Crippen LogP contribution in [0.15, 0.2) is 73.1 Å². The first-order valence-electron chi connectivity index (χ1n) is 10.5. The number of hydrogen-bond acceptors (Lipinski definition) is 4. The van der Waals surface area contributed by atoms with Gasteiger partial charge >= 0.3 is 0 Å². The van der Waals surface area contributed by atoms with Gasteiger partial charge in [-0.25, -0.2) is 0 Å². The van der Waals surface area contributed by atoms with Gasteiger partial charge in [0.25, 0.3) is 11.8 Å². The molecule has 6 nitrogen and oxygen atoms in total. The van der Waals surface area contributed by atoms with E-state index in [1.807, 2.05) is 55.5 Å². The number of amides is 2. The lowest BCUT2D eigenvalue weighted by Gasteiger charge is -2.34. The van der Waals surface area contributed by atoms with E-state index in [2.05, 4.69) is 4.98 Å². The molecule has 7 heteroatoms. The molecule has 1 aromatic heterocycles. The van der Waals surface area contributed by atoms with E-state index in [4.69, 9.17) is 16.3 Å². The van der Waals surface area contributed by atoms with Crippen molar-refractivity contribution in [2.45, 2.75) is 19.5 Å². The fourth-order valence-electron chi connectivity index (χ4n) is 3.88. The van der Waals surface area contributed by atoms with Crippen LogP contribution in [0.5, 0.6) is 5.75 Å². The van der Waals surface area contributed by atoms with Crippen LogP contribution in [0.2, 0.25) is 5.02 Å². The molecular weight excluding hydrogens is 426 g/mol. The fraction of sp³-hybridized carbons (Fsp3) is 0.240. The van der Waals surface area contributed by atoms with Crippen molar-refractivity contribution in [3.05, 3.63) is 94.8 Å². The highest BCUT2D eigenvalue weighted by Gasteiger charge is 2.42. The van der Waals surface area contributed by atoms with Crippen LogP contribution >= 0.6 is 11.6 Å². The Bertz CT molecular complexity index is 1070. The van der Waals surface area contributed by atoms with Crippen LogP contribution in [-0.2, 0) is 11.2 Å². The number of benzene rings is 2. The summed E-state index contributed by atoms with van der Waals surface area (Å²) in [5, 5.41) is 0.801. The lowest BCUT2D eigenvalue weighted by atomic mass is 9.97. The van der Waals surface area contributed by atoms with E-state index in [-0.39, 0.29) is 24.6 Å². The molecule has 3 aromatic rings. The lowest BCUT2D eigenvalue weighted by molar-refractivity contribution is -0.135. The Morgan fingerprint density at radius 3 is 2.59 bits per heavy atom. The number of rotatable bonds is 3. The van der Waals surface area contributed by atoms with E-state index in [1.54, 1.807) is 34.3 Å². The first-order chi connectivity index (χ1) is 15.5. The van der Waals surface area contributed by atoms with Crippen molar-refractivity contribution in [3.63, 3.8) is 0 Å². The molecule has 0 aliphatic carbocycles. The topological polar surface area (TPSA) is 62.7 Å². The quantitative estimate of drug-likeness (QED) is 0.606. The Balaban J connectivity index is 0.000000260. The number of hydrogen-bond donors (Lipinski definition) is 0. The van der Waals surface area contributed by atoms with Crippen LogP contribution in [0.4, 0.5) is 0 Å². The highest BCUT2D eigenvalue weighted by atomic mass is 35.5. The van der Waals surface area contributed by atoms with Crippen molar-refractivity contribution in [1.29, 1.82) is 0 Å². The molecule has 32 heavy (non-hydrogen) atoms. The molecule has 5 rings (SSSR count). The van der Waals surface area contributed by atoms with Crippen molar-refractivity contribution < 1.29 is 14.3 Å². The molecular formula is C25H24ClN3O3. The van der Waals surface area contributed by atoms with Crippen molar-refractivity contribution in [1.82, 2.24) is 14.8 Å². The SMILES string of the molecule is Cc1ccc(Cl)cc1.O=C(COc1cccnc1)N1CCN2C(=O)c3ccccc3CC12. The Morgan fingerprint density at radius 2 is 1.88 bits per heavy atom. The smallest absolute Gasteiger partial charge is 0.262 e. The summed E-state index contributed by atoms with van der Waals surface area (Å²) in [5.74, 6) is 0.454. The highest BCUT2D eigenvalue weighted by molar-refractivity contribution is 6.30. The fourth-order valence-corrected chi connectivity index (χ4v) is 4.01. The van der Waals surface area contributed by atoms with Gasteiger partial charge in [-0.3, -0.25) is 14.6 Å². The van der Waals surface area contributed by atoms with Gasteiger partial charge in [-0.2, -0.15) is 0 Å². The molecule has 2 aliphatic rings. The van der Waals surface area contributed by atoms with Crippen LogP contribution in [0.1, 0.15) is 21.5 Å².